The molecular weight excluding hydrogens is 521 g/mol. The van der Waals surface area contributed by atoms with Gasteiger partial charge in [-0.1, -0.05) is 55.2 Å². The molecule has 0 saturated heterocycles. The van der Waals surface area contributed by atoms with Crippen molar-refractivity contribution in [3.8, 4) is 0 Å². The molecule has 0 fully saturated rings. The molecule has 0 unspecified atom stereocenters. The molecule has 2 rings (SSSR count). The molecule has 0 aliphatic heterocycles. The minimum Gasteiger partial charge on any atom is -0.352 e. The molecule has 2 amide bonds. The van der Waals surface area contributed by atoms with Crippen molar-refractivity contribution in [3.63, 3.8) is 0 Å². The van der Waals surface area contributed by atoms with E-state index in [1.165, 1.54) is 4.90 Å². The predicted octanol–water partition coefficient (Wildman–Crippen LogP) is 5.10. The van der Waals surface area contributed by atoms with E-state index in [0.717, 1.165) is 28.1 Å². The fraction of sp³-hybridized carbons (Fsp3) is 0.462. The van der Waals surface area contributed by atoms with Crippen LogP contribution in [-0.2, 0) is 26.2 Å². The first-order valence-corrected chi connectivity index (χ1v) is 14.5. The number of carbonyl (C=O) groups is 2. The summed E-state index contributed by atoms with van der Waals surface area (Å²) in [5.74, 6) is -0.795. The summed E-state index contributed by atoms with van der Waals surface area (Å²) < 4.78 is 26.7. The molecule has 0 aliphatic carbocycles. The van der Waals surface area contributed by atoms with Crippen molar-refractivity contribution in [1.82, 2.24) is 10.2 Å². The van der Waals surface area contributed by atoms with Gasteiger partial charge in [-0.25, -0.2) is 8.42 Å². The Morgan fingerprint density at radius 3 is 2.25 bits per heavy atom. The van der Waals surface area contributed by atoms with Crippen LogP contribution in [-0.4, -0.2) is 50.0 Å². The second-order valence-corrected chi connectivity index (χ2v) is 11.7. The van der Waals surface area contributed by atoms with Crippen LogP contribution in [0.25, 0.3) is 0 Å². The summed E-state index contributed by atoms with van der Waals surface area (Å²) in [5.41, 5.74) is 2.76. The van der Waals surface area contributed by atoms with Gasteiger partial charge in [-0.3, -0.25) is 13.9 Å². The average Bonchev–Trinajstić information content (AvgIpc) is 2.80. The van der Waals surface area contributed by atoms with Gasteiger partial charge < -0.3 is 10.2 Å². The summed E-state index contributed by atoms with van der Waals surface area (Å²) in [5, 5.41) is 3.64. The molecule has 0 heterocycles. The van der Waals surface area contributed by atoms with E-state index in [1.54, 1.807) is 30.3 Å². The van der Waals surface area contributed by atoms with Crippen LogP contribution >= 0.6 is 23.2 Å². The lowest BCUT2D eigenvalue weighted by Crippen LogP contribution is -2.53. The van der Waals surface area contributed by atoms with Crippen molar-refractivity contribution in [2.24, 2.45) is 0 Å². The third-order valence-electron chi connectivity index (χ3n) is 6.25. The first-order valence-electron chi connectivity index (χ1n) is 11.9. The number of rotatable bonds is 11. The highest BCUT2D eigenvalue weighted by molar-refractivity contribution is 7.92. The van der Waals surface area contributed by atoms with Gasteiger partial charge in [0.25, 0.3) is 0 Å². The smallest absolute Gasteiger partial charge is 0.244 e. The zero-order valence-corrected chi connectivity index (χ0v) is 24.0. The molecular formula is C26H35Cl2N3O4S. The van der Waals surface area contributed by atoms with E-state index < -0.39 is 28.5 Å². The van der Waals surface area contributed by atoms with E-state index in [4.69, 9.17) is 23.2 Å². The lowest BCUT2D eigenvalue weighted by atomic mass is 10.1. The number of carbonyl (C=O) groups excluding carboxylic acids is 2. The van der Waals surface area contributed by atoms with E-state index in [9.17, 15) is 18.0 Å². The fourth-order valence-electron chi connectivity index (χ4n) is 3.80. The van der Waals surface area contributed by atoms with Crippen LogP contribution in [0.4, 0.5) is 5.69 Å². The minimum absolute atomic E-state index is 0.0621. The normalized spacial score (nSPS) is 13.1. The number of halogens is 2. The Kier molecular flexibility index (Phi) is 10.6. The highest BCUT2D eigenvalue weighted by Crippen LogP contribution is 2.27. The summed E-state index contributed by atoms with van der Waals surface area (Å²) in [6.07, 6.45) is 2.15. The Labute approximate surface area is 224 Å². The Bertz CT molecular complexity index is 1200. The summed E-state index contributed by atoms with van der Waals surface area (Å²) in [6.45, 7) is 8.97. The van der Waals surface area contributed by atoms with Crippen molar-refractivity contribution >= 4 is 50.7 Å². The molecule has 0 aliphatic rings. The number of benzene rings is 2. The summed E-state index contributed by atoms with van der Waals surface area (Å²) in [4.78, 5) is 28.4. The zero-order chi connectivity index (χ0) is 27.2. The molecule has 1 N–H and O–H groups in total. The van der Waals surface area contributed by atoms with Crippen LogP contribution in [0.5, 0.6) is 0 Å². The molecule has 36 heavy (non-hydrogen) atoms. The molecule has 0 aromatic heterocycles. The van der Waals surface area contributed by atoms with Gasteiger partial charge in [0, 0.05) is 12.6 Å². The van der Waals surface area contributed by atoms with E-state index in [2.05, 4.69) is 5.32 Å². The van der Waals surface area contributed by atoms with Gasteiger partial charge in [0.1, 0.15) is 12.6 Å². The quantitative estimate of drug-likeness (QED) is 0.418. The van der Waals surface area contributed by atoms with Crippen molar-refractivity contribution in [2.75, 3.05) is 17.1 Å². The first-order chi connectivity index (χ1) is 16.8. The predicted molar refractivity (Wildman–Crippen MR) is 147 cm³/mol. The van der Waals surface area contributed by atoms with Crippen LogP contribution in [0.3, 0.4) is 0 Å². The zero-order valence-electron chi connectivity index (χ0n) is 21.6. The molecule has 0 radical (unpaired) electrons. The standard InChI is InChI=1S/C26H35Cl2N3O4S/c1-7-18(4)29-26(33)23(8-2)30(15-20-12-13-21(27)22(28)14-20)25(32)16-31(36(6,34)35)24-11-9-10-17(3)19(24)5/h9-14,18,23H,7-8,15-16H2,1-6H3,(H,29,33)/t18-,23-/m0/s1. The van der Waals surface area contributed by atoms with E-state index >= 15 is 0 Å². The third-order valence-corrected chi connectivity index (χ3v) is 8.11. The topological polar surface area (TPSA) is 86.8 Å². The van der Waals surface area contributed by atoms with Gasteiger partial charge >= 0.3 is 0 Å². The maximum absolute atomic E-state index is 13.8. The maximum atomic E-state index is 13.8. The molecule has 0 saturated carbocycles. The van der Waals surface area contributed by atoms with Crippen LogP contribution < -0.4 is 9.62 Å². The largest absolute Gasteiger partial charge is 0.352 e. The number of nitrogens with one attached hydrogen (secondary N) is 1. The van der Waals surface area contributed by atoms with Gasteiger partial charge in [0.2, 0.25) is 21.8 Å². The van der Waals surface area contributed by atoms with E-state index in [-0.39, 0.29) is 18.5 Å². The van der Waals surface area contributed by atoms with Gasteiger partial charge in [-0.15, -0.1) is 0 Å². The lowest BCUT2D eigenvalue weighted by molar-refractivity contribution is -0.140. The summed E-state index contributed by atoms with van der Waals surface area (Å²) >= 11 is 12.3. The van der Waals surface area contributed by atoms with Crippen LogP contribution in [0, 0.1) is 13.8 Å². The van der Waals surface area contributed by atoms with Gasteiger partial charge in [0.15, 0.2) is 0 Å². The van der Waals surface area contributed by atoms with Crippen LogP contribution in [0.15, 0.2) is 36.4 Å². The van der Waals surface area contributed by atoms with Gasteiger partial charge in [-0.05, 0) is 68.5 Å². The van der Waals surface area contributed by atoms with Crippen molar-refractivity contribution < 1.29 is 18.0 Å². The van der Waals surface area contributed by atoms with E-state index in [1.807, 2.05) is 40.7 Å². The first kappa shape index (κ1) is 29.9. The van der Waals surface area contributed by atoms with Crippen molar-refractivity contribution in [1.29, 1.82) is 0 Å². The van der Waals surface area contributed by atoms with Gasteiger partial charge in [-0.2, -0.15) is 0 Å². The van der Waals surface area contributed by atoms with Crippen LogP contribution in [0.2, 0.25) is 10.0 Å². The molecule has 10 heteroatoms. The molecule has 198 valence electrons. The Morgan fingerprint density at radius 2 is 1.69 bits per heavy atom. The Hall–Kier alpha value is -2.29. The molecule has 0 bridgehead atoms. The number of anilines is 1. The van der Waals surface area contributed by atoms with E-state index in [0.29, 0.717) is 27.7 Å². The molecule has 0 spiro atoms. The Morgan fingerprint density at radius 1 is 1.03 bits per heavy atom. The highest BCUT2D eigenvalue weighted by Gasteiger charge is 2.32. The minimum atomic E-state index is -3.80. The average molecular weight is 557 g/mol. The number of amides is 2. The second-order valence-electron chi connectivity index (χ2n) is 9.00. The second kappa shape index (κ2) is 12.8. The summed E-state index contributed by atoms with van der Waals surface area (Å²) in [7, 11) is -3.80. The molecule has 2 aromatic rings. The van der Waals surface area contributed by atoms with Crippen molar-refractivity contribution in [2.45, 2.75) is 66.1 Å². The monoisotopic (exact) mass is 555 g/mol. The van der Waals surface area contributed by atoms with Crippen molar-refractivity contribution in [3.05, 3.63) is 63.1 Å². The van der Waals surface area contributed by atoms with Gasteiger partial charge in [0.05, 0.1) is 22.0 Å². The molecule has 7 nitrogen and oxygen atoms in total. The number of aryl methyl sites for hydroxylation is 1. The maximum Gasteiger partial charge on any atom is 0.244 e. The number of nitrogens with zero attached hydrogens (tertiary/aromatic N) is 2. The van der Waals surface area contributed by atoms with Crippen LogP contribution in [0.1, 0.15) is 50.3 Å². The fourth-order valence-corrected chi connectivity index (χ4v) is 5.02. The number of sulfonamides is 1. The SMILES string of the molecule is CC[C@H](C)NC(=O)[C@H](CC)N(Cc1ccc(Cl)c(Cl)c1)C(=O)CN(c1cccc(C)c1C)S(C)(=O)=O. The lowest BCUT2D eigenvalue weighted by Gasteiger charge is -2.33. The highest BCUT2D eigenvalue weighted by atomic mass is 35.5. The Balaban J connectivity index is 2.51. The number of hydrogen-bond donors (Lipinski definition) is 1. The summed E-state index contributed by atoms with van der Waals surface area (Å²) in [6, 6.07) is 9.42. The third kappa shape index (κ3) is 7.60. The molecule has 2 aromatic carbocycles. The number of hydrogen-bond acceptors (Lipinski definition) is 4. The molecule has 2 atom stereocenters.